The molecule has 1 N–H and O–H groups in total. The summed E-state index contributed by atoms with van der Waals surface area (Å²) >= 11 is 0. The molecule has 0 aromatic heterocycles. The summed E-state index contributed by atoms with van der Waals surface area (Å²) in [7, 11) is 0. The Morgan fingerprint density at radius 1 is 1.22 bits per heavy atom. The molecule has 2 saturated carbocycles. The van der Waals surface area contributed by atoms with Crippen molar-refractivity contribution < 1.29 is 19.4 Å². The summed E-state index contributed by atoms with van der Waals surface area (Å²) in [5.74, 6) is -1.12. The Hall–Kier alpha value is -1.10. The second kappa shape index (κ2) is 4.23. The second-order valence-corrected chi connectivity index (χ2v) is 5.65. The number of ether oxygens (including phenoxy) is 1. The molecule has 0 bridgehead atoms. The molecule has 3 aliphatic rings. The smallest absolute Gasteiger partial charge is 0.319 e. The minimum Gasteiger partial charge on any atom is -0.480 e. The van der Waals surface area contributed by atoms with E-state index >= 15 is 0 Å². The summed E-state index contributed by atoms with van der Waals surface area (Å²) < 4.78 is 5.71. The van der Waals surface area contributed by atoms with Crippen LogP contribution in [0.5, 0.6) is 0 Å². The molecule has 0 aromatic carbocycles. The Bertz CT molecular complexity index is 375. The summed E-state index contributed by atoms with van der Waals surface area (Å²) in [6.45, 7) is 1.09. The molecule has 3 fully saturated rings. The molecular formula is C13H19NO4. The molecule has 100 valence electrons. The molecule has 0 aromatic rings. The zero-order chi connectivity index (χ0) is 12.8. The van der Waals surface area contributed by atoms with Gasteiger partial charge in [0.25, 0.3) is 0 Å². The molecule has 2 atom stereocenters. The predicted octanol–water partition coefficient (Wildman–Crippen LogP) is 1.02. The number of carbonyl (C=O) groups is 2. The number of carboxylic acid groups (broad SMARTS) is 1. The van der Waals surface area contributed by atoms with Gasteiger partial charge in [-0.3, -0.25) is 9.59 Å². The Morgan fingerprint density at radius 3 is 2.61 bits per heavy atom. The lowest BCUT2D eigenvalue weighted by atomic mass is 9.89. The fourth-order valence-electron chi connectivity index (χ4n) is 3.27. The van der Waals surface area contributed by atoms with Crippen LogP contribution < -0.4 is 0 Å². The van der Waals surface area contributed by atoms with Crippen molar-refractivity contribution >= 4 is 11.9 Å². The van der Waals surface area contributed by atoms with Gasteiger partial charge in [-0.15, -0.1) is 0 Å². The van der Waals surface area contributed by atoms with E-state index in [4.69, 9.17) is 4.74 Å². The third kappa shape index (κ3) is 1.72. The molecule has 5 nitrogen and oxygen atoms in total. The van der Waals surface area contributed by atoms with E-state index in [0.29, 0.717) is 26.0 Å². The third-order valence-corrected chi connectivity index (χ3v) is 4.56. The normalized spacial score (nSPS) is 33.7. The van der Waals surface area contributed by atoms with Crippen LogP contribution in [-0.2, 0) is 14.3 Å². The van der Waals surface area contributed by atoms with Gasteiger partial charge in [0.15, 0.2) is 0 Å². The highest BCUT2D eigenvalue weighted by molar-refractivity contribution is 6.05. The molecule has 0 unspecified atom stereocenters. The lowest BCUT2D eigenvalue weighted by molar-refractivity contribution is -0.163. The number of morpholine rings is 1. The SMILES string of the molecule is O=C(O)C1(C(=O)N2CCO[C@@H]3CCCC[C@@H]32)CC1. The number of nitrogens with zero attached hydrogens (tertiary/aromatic N) is 1. The molecule has 0 radical (unpaired) electrons. The number of rotatable bonds is 2. The van der Waals surface area contributed by atoms with Crippen LogP contribution in [0, 0.1) is 5.41 Å². The average Bonchev–Trinajstić information content (AvgIpc) is 3.19. The lowest BCUT2D eigenvalue weighted by Gasteiger charge is -2.44. The Morgan fingerprint density at radius 2 is 1.94 bits per heavy atom. The first-order valence-corrected chi connectivity index (χ1v) is 6.81. The van der Waals surface area contributed by atoms with E-state index in [1.54, 1.807) is 4.90 Å². The highest BCUT2D eigenvalue weighted by Gasteiger charge is 2.59. The fourth-order valence-corrected chi connectivity index (χ4v) is 3.27. The first-order valence-electron chi connectivity index (χ1n) is 6.81. The van der Waals surface area contributed by atoms with Crippen molar-refractivity contribution in [2.45, 2.75) is 50.7 Å². The summed E-state index contributed by atoms with van der Waals surface area (Å²) in [6.07, 6.45) is 5.31. The molecule has 1 saturated heterocycles. The van der Waals surface area contributed by atoms with Gasteiger partial charge < -0.3 is 14.7 Å². The molecule has 5 heteroatoms. The number of carbonyl (C=O) groups excluding carboxylic acids is 1. The molecule has 3 rings (SSSR count). The fraction of sp³-hybridized carbons (Fsp3) is 0.846. The summed E-state index contributed by atoms with van der Waals surface area (Å²) in [5, 5.41) is 9.22. The standard InChI is InChI=1S/C13H19NO4/c15-11(13(5-6-13)12(16)17)14-7-8-18-10-4-2-1-3-9(10)14/h9-10H,1-8H2,(H,16,17)/t9-,10+/m0/s1. The monoisotopic (exact) mass is 253 g/mol. The Kier molecular flexibility index (Phi) is 2.81. The number of aliphatic carboxylic acids is 1. The van der Waals surface area contributed by atoms with E-state index in [0.717, 1.165) is 25.7 Å². The number of amides is 1. The largest absolute Gasteiger partial charge is 0.480 e. The molecular weight excluding hydrogens is 234 g/mol. The number of fused-ring (bicyclic) bond motifs is 1. The first kappa shape index (κ1) is 12.0. The van der Waals surface area contributed by atoms with E-state index in [-0.39, 0.29) is 18.1 Å². The Labute approximate surface area is 106 Å². The number of hydrogen-bond acceptors (Lipinski definition) is 3. The van der Waals surface area contributed by atoms with Crippen molar-refractivity contribution in [3.8, 4) is 0 Å². The molecule has 0 spiro atoms. The van der Waals surface area contributed by atoms with Gasteiger partial charge in [0.2, 0.25) is 5.91 Å². The van der Waals surface area contributed by atoms with Gasteiger partial charge in [0, 0.05) is 6.54 Å². The molecule has 1 aliphatic heterocycles. The van der Waals surface area contributed by atoms with Crippen molar-refractivity contribution in [1.29, 1.82) is 0 Å². The van der Waals surface area contributed by atoms with E-state index < -0.39 is 11.4 Å². The maximum absolute atomic E-state index is 12.5. The van der Waals surface area contributed by atoms with Gasteiger partial charge in [-0.25, -0.2) is 0 Å². The Balaban J connectivity index is 1.78. The zero-order valence-electron chi connectivity index (χ0n) is 10.4. The van der Waals surface area contributed by atoms with Gasteiger partial charge in [-0.1, -0.05) is 12.8 Å². The third-order valence-electron chi connectivity index (χ3n) is 4.56. The van der Waals surface area contributed by atoms with Crippen molar-refractivity contribution in [2.24, 2.45) is 5.41 Å². The van der Waals surface area contributed by atoms with E-state index in [1.807, 2.05) is 0 Å². The van der Waals surface area contributed by atoms with Gasteiger partial charge in [-0.2, -0.15) is 0 Å². The maximum Gasteiger partial charge on any atom is 0.319 e. The number of hydrogen-bond donors (Lipinski definition) is 1. The molecule has 1 amide bonds. The van der Waals surface area contributed by atoms with Crippen molar-refractivity contribution in [1.82, 2.24) is 4.90 Å². The van der Waals surface area contributed by atoms with Crippen LogP contribution in [0.25, 0.3) is 0 Å². The van der Waals surface area contributed by atoms with Gasteiger partial charge >= 0.3 is 5.97 Å². The molecule has 18 heavy (non-hydrogen) atoms. The van der Waals surface area contributed by atoms with Crippen LogP contribution in [0.1, 0.15) is 38.5 Å². The van der Waals surface area contributed by atoms with E-state index in [2.05, 4.69) is 0 Å². The summed E-state index contributed by atoms with van der Waals surface area (Å²) in [5.41, 5.74) is -1.10. The highest BCUT2D eigenvalue weighted by atomic mass is 16.5. The van der Waals surface area contributed by atoms with Crippen LogP contribution in [0.3, 0.4) is 0 Å². The van der Waals surface area contributed by atoms with Crippen LogP contribution >= 0.6 is 0 Å². The number of carboxylic acids is 1. The van der Waals surface area contributed by atoms with Crippen molar-refractivity contribution in [2.75, 3.05) is 13.2 Å². The van der Waals surface area contributed by atoms with Crippen molar-refractivity contribution in [3.05, 3.63) is 0 Å². The minimum absolute atomic E-state index is 0.108. The van der Waals surface area contributed by atoms with Gasteiger partial charge in [0.05, 0.1) is 18.8 Å². The summed E-state index contributed by atoms with van der Waals surface area (Å²) in [6, 6.07) is 0.108. The van der Waals surface area contributed by atoms with Crippen LogP contribution in [0.15, 0.2) is 0 Å². The van der Waals surface area contributed by atoms with E-state index in [9.17, 15) is 14.7 Å². The summed E-state index contributed by atoms with van der Waals surface area (Å²) in [4.78, 5) is 25.5. The lowest BCUT2D eigenvalue weighted by Crippen LogP contribution is -2.57. The second-order valence-electron chi connectivity index (χ2n) is 5.65. The van der Waals surface area contributed by atoms with Crippen molar-refractivity contribution in [3.63, 3.8) is 0 Å². The van der Waals surface area contributed by atoms with Crippen LogP contribution in [-0.4, -0.2) is 47.2 Å². The quantitative estimate of drug-likeness (QED) is 0.746. The first-order chi connectivity index (χ1) is 8.65. The average molecular weight is 253 g/mol. The predicted molar refractivity (Wildman–Crippen MR) is 63.0 cm³/mol. The minimum atomic E-state index is -1.10. The van der Waals surface area contributed by atoms with E-state index in [1.165, 1.54) is 0 Å². The van der Waals surface area contributed by atoms with Crippen LogP contribution in [0.4, 0.5) is 0 Å². The molecule has 1 heterocycles. The highest BCUT2D eigenvalue weighted by Crippen LogP contribution is 2.48. The van der Waals surface area contributed by atoms with Crippen LogP contribution in [0.2, 0.25) is 0 Å². The topological polar surface area (TPSA) is 66.8 Å². The van der Waals surface area contributed by atoms with Gasteiger partial charge in [0.1, 0.15) is 5.41 Å². The maximum atomic E-state index is 12.5. The molecule has 2 aliphatic carbocycles. The van der Waals surface area contributed by atoms with Gasteiger partial charge in [-0.05, 0) is 25.7 Å². The zero-order valence-corrected chi connectivity index (χ0v) is 10.4.